The van der Waals surface area contributed by atoms with Crippen molar-refractivity contribution in [1.82, 2.24) is 5.32 Å². The van der Waals surface area contributed by atoms with Crippen LogP contribution < -0.4 is 5.32 Å². The van der Waals surface area contributed by atoms with E-state index in [0.717, 1.165) is 31.8 Å². The number of rotatable bonds is 3. The number of halogens is 1. The van der Waals surface area contributed by atoms with Gasteiger partial charge in [0.1, 0.15) is 0 Å². The van der Waals surface area contributed by atoms with Gasteiger partial charge in [-0.2, -0.15) is 0 Å². The Balaban J connectivity index is 1.94. The molecule has 3 heteroatoms. The molecule has 1 aromatic rings. The Morgan fingerprint density at radius 1 is 1.29 bits per heavy atom. The lowest BCUT2D eigenvalue weighted by molar-refractivity contribution is 0.933. The number of aryl methyl sites for hydroxylation is 1. The Labute approximate surface area is 92.6 Å². The molecule has 0 bridgehead atoms. The van der Waals surface area contributed by atoms with Crippen molar-refractivity contribution in [1.29, 1.82) is 0 Å². The van der Waals surface area contributed by atoms with Crippen LogP contribution in [0.2, 0.25) is 0 Å². The fourth-order valence-electron chi connectivity index (χ4n) is 1.57. The number of amidine groups is 1. The van der Waals surface area contributed by atoms with E-state index in [1.807, 2.05) is 6.07 Å². The summed E-state index contributed by atoms with van der Waals surface area (Å²) in [5.41, 5.74) is 1.35. The third kappa shape index (κ3) is 2.35. The van der Waals surface area contributed by atoms with Crippen LogP contribution in [0.4, 0.5) is 0 Å². The van der Waals surface area contributed by atoms with Gasteiger partial charge in [0.05, 0.1) is 12.4 Å². The SMILES string of the molecule is Brc1ccccc1CCC1=NCCN1. The van der Waals surface area contributed by atoms with Gasteiger partial charge in [-0.15, -0.1) is 0 Å². The van der Waals surface area contributed by atoms with Crippen molar-refractivity contribution in [2.45, 2.75) is 12.8 Å². The lowest BCUT2D eigenvalue weighted by Gasteiger charge is -2.04. The Morgan fingerprint density at radius 3 is 2.86 bits per heavy atom. The molecule has 74 valence electrons. The number of hydrogen-bond acceptors (Lipinski definition) is 2. The average Bonchev–Trinajstić information content (AvgIpc) is 2.69. The van der Waals surface area contributed by atoms with Crippen molar-refractivity contribution in [3.8, 4) is 0 Å². The highest BCUT2D eigenvalue weighted by Gasteiger charge is 2.05. The van der Waals surface area contributed by atoms with Crippen LogP contribution in [0.15, 0.2) is 33.7 Å². The summed E-state index contributed by atoms with van der Waals surface area (Å²) in [5, 5.41) is 3.28. The molecule has 0 amide bonds. The van der Waals surface area contributed by atoms with Gasteiger partial charge in [-0.3, -0.25) is 4.99 Å². The molecular weight excluding hydrogens is 240 g/mol. The molecule has 0 aliphatic carbocycles. The first kappa shape index (κ1) is 9.71. The minimum Gasteiger partial charge on any atom is -0.372 e. The summed E-state index contributed by atoms with van der Waals surface area (Å²) in [4.78, 5) is 4.37. The van der Waals surface area contributed by atoms with E-state index in [1.54, 1.807) is 0 Å². The predicted octanol–water partition coefficient (Wildman–Crippen LogP) is 2.38. The third-order valence-electron chi connectivity index (χ3n) is 2.33. The minimum atomic E-state index is 0.936. The van der Waals surface area contributed by atoms with Gasteiger partial charge in [0.2, 0.25) is 0 Å². The highest BCUT2D eigenvalue weighted by atomic mass is 79.9. The van der Waals surface area contributed by atoms with Crippen molar-refractivity contribution in [2.24, 2.45) is 4.99 Å². The van der Waals surface area contributed by atoms with E-state index in [2.05, 4.69) is 44.4 Å². The molecule has 0 aromatic heterocycles. The van der Waals surface area contributed by atoms with Gasteiger partial charge in [0.25, 0.3) is 0 Å². The van der Waals surface area contributed by atoms with Crippen molar-refractivity contribution < 1.29 is 0 Å². The van der Waals surface area contributed by atoms with Crippen LogP contribution in [0.5, 0.6) is 0 Å². The second-order valence-electron chi connectivity index (χ2n) is 3.35. The summed E-state index contributed by atoms with van der Waals surface area (Å²) in [6.07, 6.45) is 2.07. The van der Waals surface area contributed by atoms with E-state index in [9.17, 15) is 0 Å². The van der Waals surface area contributed by atoms with Gasteiger partial charge in [0.15, 0.2) is 0 Å². The summed E-state index contributed by atoms with van der Waals surface area (Å²) in [5.74, 6) is 1.15. The molecule has 0 fully saturated rings. The number of nitrogens with zero attached hydrogens (tertiary/aromatic N) is 1. The molecule has 1 aliphatic heterocycles. The molecule has 2 rings (SSSR count). The van der Waals surface area contributed by atoms with E-state index >= 15 is 0 Å². The lowest BCUT2D eigenvalue weighted by atomic mass is 10.1. The molecule has 0 atom stereocenters. The first-order valence-electron chi connectivity index (χ1n) is 4.87. The lowest BCUT2D eigenvalue weighted by Crippen LogP contribution is -2.18. The van der Waals surface area contributed by atoms with Gasteiger partial charge in [0, 0.05) is 17.4 Å². The van der Waals surface area contributed by atoms with Gasteiger partial charge >= 0.3 is 0 Å². The van der Waals surface area contributed by atoms with Gasteiger partial charge < -0.3 is 5.32 Å². The van der Waals surface area contributed by atoms with E-state index in [-0.39, 0.29) is 0 Å². The molecule has 1 N–H and O–H groups in total. The fourth-order valence-corrected chi connectivity index (χ4v) is 2.05. The maximum Gasteiger partial charge on any atom is 0.0967 e. The van der Waals surface area contributed by atoms with Crippen LogP contribution in [-0.4, -0.2) is 18.9 Å². The quantitative estimate of drug-likeness (QED) is 0.878. The third-order valence-corrected chi connectivity index (χ3v) is 3.11. The van der Waals surface area contributed by atoms with Crippen molar-refractivity contribution in [3.63, 3.8) is 0 Å². The van der Waals surface area contributed by atoms with Gasteiger partial charge in [-0.05, 0) is 18.1 Å². The first-order valence-corrected chi connectivity index (χ1v) is 5.66. The van der Waals surface area contributed by atoms with Crippen LogP contribution in [0.1, 0.15) is 12.0 Å². The van der Waals surface area contributed by atoms with E-state index < -0.39 is 0 Å². The molecule has 0 spiro atoms. The van der Waals surface area contributed by atoms with Crippen LogP contribution >= 0.6 is 15.9 Å². The largest absolute Gasteiger partial charge is 0.372 e. The van der Waals surface area contributed by atoms with Crippen molar-refractivity contribution in [3.05, 3.63) is 34.3 Å². The van der Waals surface area contributed by atoms with E-state index in [4.69, 9.17) is 0 Å². The molecule has 1 aromatic carbocycles. The summed E-state index contributed by atoms with van der Waals surface area (Å²) in [7, 11) is 0. The summed E-state index contributed by atoms with van der Waals surface area (Å²) in [6.45, 7) is 1.94. The highest BCUT2D eigenvalue weighted by Crippen LogP contribution is 2.17. The van der Waals surface area contributed by atoms with Crippen LogP contribution in [-0.2, 0) is 6.42 Å². The first-order chi connectivity index (χ1) is 6.86. The van der Waals surface area contributed by atoms with Crippen molar-refractivity contribution >= 4 is 21.8 Å². The molecule has 1 aliphatic rings. The Morgan fingerprint density at radius 2 is 2.14 bits per heavy atom. The zero-order valence-electron chi connectivity index (χ0n) is 7.96. The summed E-state index contributed by atoms with van der Waals surface area (Å²) in [6, 6.07) is 8.35. The number of benzene rings is 1. The smallest absolute Gasteiger partial charge is 0.0967 e. The molecule has 0 radical (unpaired) electrons. The number of hydrogen-bond donors (Lipinski definition) is 1. The topological polar surface area (TPSA) is 24.4 Å². The maximum absolute atomic E-state index is 4.37. The molecule has 1 heterocycles. The van der Waals surface area contributed by atoms with Crippen LogP contribution in [0.25, 0.3) is 0 Å². The molecule has 0 saturated carbocycles. The number of aliphatic imine (C=N–C) groups is 1. The van der Waals surface area contributed by atoms with E-state index in [0.29, 0.717) is 0 Å². The zero-order valence-corrected chi connectivity index (χ0v) is 9.55. The normalized spacial score (nSPS) is 15.1. The zero-order chi connectivity index (χ0) is 9.80. The van der Waals surface area contributed by atoms with Crippen LogP contribution in [0.3, 0.4) is 0 Å². The maximum atomic E-state index is 4.37. The second kappa shape index (κ2) is 4.60. The van der Waals surface area contributed by atoms with Gasteiger partial charge in [-0.25, -0.2) is 0 Å². The Bertz CT molecular complexity index is 347. The fraction of sp³-hybridized carbons (Fsp3) is 0.364. The second-order valence-corrected chi connectivity index (χ2v) is 4.20. The molecule has 0 saturated heterocycles. The standard InChI is InChI=1S/C11H13BrN2/c12-10-4-2-1-3-9(10)5-6-11-13-7-8-14-11/h1-4H,5-8H2,(H,13,14). The molecule has 14 heavy (non-hydrogen) atoms. The number of nitrogens with one attached hydrogen (secondary N) is 1. The van der Waals surface area contributed by atoms with Gasteiger partial charge in [-0.1, -0.05) is 34.1 Å². The Kier molecular flexibility index (Phi) is 3.19. The highest BCUT2D eigenvalue weighted by molar-refractivity contribution is 9.10. The average molecular weight is 253 g/mol. The monoisotopic (exact) mass is 252 g/mol. The predicted molar refractivity (Wildman–Crippen MR) is 62.8 cm³/mol. The van der Waals surface area contributed by atoms with E-state index in [1.165, 1.54) is 10.0 Å². The molecular formula is C11H13BrN2. The summed E-state index contributed by atoms with van der Waals surface area (Å²) < 4.78 is 1.19. The molecule has 0 unspecified atom stereocenters. The minimum absolute atomic E-state index is 0.936. The van der Waals surface area contributed by atoms with Crippen LogP contribution in [0, 0.1) is 0 Å². The molecule has 2 nitrogen and oxygen atoms in total. The Hall–Kier alpha value is -0.830. The van der Waals surface area contributed by atoms with Crippen molar-refractivity contribution in [2.75, 3.05) is 13.1 Å². The summed E-state index contributed by atoms with van der Waals surface area (Å²) >= 11 is 3.55.